The van der Waals surface area contributed by atoms with E-state index in [9.17, 15) is 5.11 Å². The van der Waals surface area contributed by atoms with E-state index >= 15 is 0 Å². The number of rotatable bonds is 4. The Balaban J connectivity index is 1.64. The molecule has 2 heterocycles. The molecular weight excluding hydrogens is 262 g/mol. The third-order valence-electron chi connectivity index (χ3n) is 4.37. The van der Waals surface area contributed by atoms with Gasteiger partial charge in [-0.3, -0.25) is 4.90 Å². The number of hydrogen-bond acceptors (Lipinski definition) is 3. The predicted molar refractivity (Wildman–Crippen MR) is 83.9 cm³/mol. The molecular formula is C18H23NO2. The number of aliphatic hydroxyl groups is 1. The van der Waals surface area contributed by atoms with Gasteiger partial charge >= 0.3 is 0 Å². The van der Waals surface area contributed by atoms with Gasteiger partial charge < -0.3 is 9.52 Å². The summed E-state index contributed by atoms with van der Waals surface area (Å²) in [6.07, 6.45) is 0.859. The molecule has 0 saturated carbocycles. The van der Waals surface area contributed by atoms with Crippen LogP contribution in [0.15, 0.2) is 40.8 Å². The van der Waals surface area contributed by atoms with Crippen LogP contribution in [-0.4, -0.2) is 29.2 Å². The second-order valence-corrected chi connectivity index (χ2v) is 6.16. The van der Waals surface area contributed by atoms with Crippen LogP contribution < -0.4 is 0 Å². The third kappa shape index (κ3) is 3.36. The van der Waals surface area contributed by atoms with Crippen LogP contribution in [0.4, 0.5) is 0 Å². The molecule has 2 unspecified atom stereocenters. The molecule has 1 aliphatic rings. The predicted octanol–water partition coefficient (Wildman–Crippen LogP) is 3.46. The van der Waals surface area contributed by atoms with E-state index in [0.29, 0.717) is 5.92 Å². The maximum Gasteiger partial charge on any atom is 0.134 e. The lowest BCUT2D eigenvalue weighted by Crippen LogP contribution is -2.23. The van der Waals surface area contributed by atoms with Gasteiger partial charge in [0.25, 0.3) is 0 Å². The first-order chi connectivity index (χ1) is 10.1. The summed E-state index contributed by atoms with van der Waals surface area (Å²) in [7, 11) is 0. The average molecular weight is 285 g/mol. The maximum atomic E-state index is 9.66. The molecule has 21 heavy (non-hydrogen) atoms. The molecule has 0 bridgehead atoms. The van der Waals surface area contributed by atoms with Crippen LogP contribution in [0, 0.1) is 12.8 Å². The number of aliphatic hydroxyl groups excluding tert-OH is 1. The van der Waals surface area contributed by atoms with Crippen LogP contribution in [0.3, 0.4) is 0 Å². The Morgan fingerprint density at radius 2 is 2.00 bits per heavy atom. The second kappa shape index (κ2) is 6.04. The maximum absolute atomic E-state index is 9.66. The zero-order valence-electron chi connectivity index (χ0n) is 12.7. The zero-order valence-corrected chi connectivity index (χ0v) is 12.7. The van der Waals surface area contributed by atoms with Crippen molar-refractivity contribution in [2.45, 2.75) is 32.9 Å². The Morgan fingerprint density at radius 3 is 2.67 bits per heavy atom. The minimum Gasteiger partial charge on any atom is -0.460 e. The molecule has 1 saturated heterocycles. The molecule has 1 aromatic carbocycles. The molecule has 1 aliphatic heterocycles. The van der Waals surface area contributed by atoms with E-state index in [1.165, 1.54) is 5.56 Å². The van der Waals surface area contributed by atoms with Gasteiger partial charge in [-0.15, -0.1) is 0 Å². The van der Waals surface area contributed by atoms with Crippen molar-refractivity contribution in [2.75, 3.05) is 13.1 Å². The standard InChI is InChI=1S/C18H23NO2/c1-13-3-5-15(6-4-13)18-8-7-17(21-18)12-19-10-9-16(11-19)14(2)20/h3-8,14,16,20H,9-12H2,1-2H3. The molecule has 2 aromatic rings. The number of furan rings is 1. The molecule has 1 aromatic heterocycles. The quantitative estimate of drug-likeness (QED) is 0.934. The molecule has 3 nitrogen and oxygen atoms in total. The van der Waals surface area contributed by atoms with Crippen molar-refractivity contribution in [2.24, 2.45) is 5.92 Å². The lowest BCUT2D eigenvalue weighted by Gasteiger charge is -2.15. The van der Waals surface area contributed by atoms with Crippen molar-refractivity contribution in [3.8, 4) is 11.3 Å². The van der Waals surface area contributed by atoms with Gasteiger partial charge in [0, 0.05) is 12.1 Å². The second-order valence-electron chi connectivity index (χ2n) is 6.16. The summed E-state index contributed by atoms with van der Waals surface area (Å²) in [5.74, 6) is 2.32. The highest BCUT2D eigenvalue weighted by atomic mass is 16.3. The van der Waals surface area contributed by atoms with Gasteiger partial charge in [0.2, 0.25) is 0 Å². The number of hydrogen-bond donors (Lipinski definition) is 1. The summed E-state index contributed by atoms with van der Waals surface area (Å²) in [5, 5.41) is 9.66. The van der Waals surface area contributed by atoms with Crippen LogP contribution in [0.5, 0.6) is 0 Å². The van der Waals surface area contributed by atoms with Gasteiger partial charge in [-0.2, -0.15) is 0 Å². The number of benzene rings is 1. The third-order valence-corrected chi connectivity index (χ3v) is 4.37. The summed E-state index contributed by atoms with van der Waals surface area (Å²) < 4.78 is 5.96. The Hall–Kier alpha value is -1.58. The van der Waals surface area contributed by atoms with Gasteiger partial charge in [-0.1, -0.05) is 29.8 Å². The number of nitrogens with zero attached hydrogens (tertiary/aromatic N) is 1. The molecule has 2 atom stereocenters. The van der Waals surface area contributed by atoms with E-state index in [-0.39, 0.29) is 6.10 Å². The van der Waals surface area contributed by atoms with Gasteiger partial charge in [-0.05, 0) is 44.9 Å². The summed E-state index contributed by atoms with van der Waals surface area (Å²) in [5.41, 5.74) is 2.38. The van der Waals surface area contributed by atoms with E-state index < -0.39 is 0 Å². The van der Waals surface area contributed by atoms with Crippen LogP contribution >= 0.6 is 0 Å². The summed E-state index contributed by atoms with van der Waals surface area (Å²) in [4.78, 5) is 2.36. The Kier molecular flexibility index (Phi) is 4.13. The molecule has 0 radical (unpaired) electrons. The SMILES string of the molecule is Cc1ccc(-c2ccc(CN3CCC(C(C)O)C3)o2)cc1. The van der Waals surface area contributed by atoms with Crippen LogP contribution in [0.2, 0.25) is 0 Å². The average Bonchev–Trinajstić information content (AvgIpc) is 3.10. The first-order valence-corrected chi connectivity index (χ1v) is 7.68. The smallest absolute Gasteiger partial charge is 0.134 e. The molecule has 1 N–H and O–H groups in total. The normalized spacial score (nSPS) is 20.8. The first-order valence-electron chi connectivity index (χ1n) is 7.68. The zero-order chi connectivity index (χ0) is 14.8. The fourth-order valence-electron chi connectivity index (χ4n) is 2.96. The molecule has 112 valence electrons. The van der Waals surface area contributed by atoms with Crippen molar-refractivity contribution >= 4 is 0 Å². The van der Waals surface area contributed by atoms with Gasteiger partial charge in [-0.25, -0.2) is 0 Å². The molecule has 0 amide bonds. The molecule has 0 spiro atoms. The Morgan fingerprint density at radius 1 is 1.24 bits per heavy atom. The Labute approximate surface area is 126 Å². The highest BCUT2D eigenvalue weighted by Crippen LogP contribution is 2.25. The molecule has 0 aliphatic carbocycles. The summed E-state index contributed by atoms with van der Waals surface area (Å²) >= 11 is 0. The van der Waals surface area contributed by atoms with Crippen molar-refractivity contribution in [3.63, 3.8) is 0 Å². The van der Waals surface area contributed by atoms with E-state index in [0.717, 1.165) is 43.1 Å². The van der Waals surface area contributed by atoms with Crippen molar-refractivity contribution in [3.05, 3.63) is 47.7 Å². The van der Waals surface area contributed by atoms with Crippen LogP contribution in [-0.2, 0) is 6.54 Å². The van der Waals surface area contributed by atoms with Crippen molar-refractivity contribution < 1.29 is 9.52 Å². The summed E-state index contributed by atoms with van der Waals surface area (Å²) in [6.45, 7) is 6.79. The Bertz CT molecular complexity index is 586. The van der Waals surface area contributed by atoms with Gasteiger partial charge in [0.15, 0.2) is 0 Å². The van der Waals surface area contributed by atoms with E-state index in [1.807, 2.05) is 13.0 Å². The molecule has 3 heteroatoms. The van der Waals surface area contributed by atoms with Crippen LogP contribution in [0.25, 0.3) is 11.3 Å². The van der Waals surface area contributed by atoms with Gasteiger partial charge in [0.1, 0.15) is 11.5 Å². The highest BCUT2D eigenvalue weighted by Gasteiger charge is 2.26. The first kappa shape index (κ1) is 14.4. The minimum atomic E-state index is -0.213. The van der Waals surface area contributed by atoms with Crippen molar-refractivity contribution in [1.29, 1.82) is 0 Å². The minimum absolute atomic E-state index is 0.213. The summed E-state index contributed by atoms with van der Waals surface area (Å²) in [6, 6.07) is 12.5. The number of likely N-dealkylation sites (tertiary alicyclic amines) is 1. The molecule has 3 rings (SSSR count). The fourth-order valence-corrected chi connectivity index (χ4v) is 2.96. The number of aryl methyl sites for hydroxylation is 1. The van der Waals surface area contributed by atoms with E-state index in [2.05, 4.69) is 42.2 Å². The highest BCUT2D eigenvalue weighted by molar-refractivity contribution is 5.57. The van der Waals surface area contributed by atoms with Crippen LogP contribution in [0.1, 0.15) is 24.7 Å². The van der Waals surface area contributed by atoms with E-state index in [4.69, 9.17) is 4.42 Å². The van der Waals surface area contributed by atoms with Crippen molar-refractivity contribution in [1.82, 2.24) is 4.90 Å². The van der Waals surface area contributed by atoms with E-state index in [1.54, 1.807) is 0 Å². The molecule has 1 fully saturated rings. The lowest BCUT2D eigenvalue weighted by molar-refractivity contribution is 0.126. The largest absolute Gasteiger partial charge is 0.460 e. The lowest BCUT2D eigenvalue weighted by atomic mass is 10.0. The topological polar surface area (TPSA) is 36.6 Å². The monoisotopic (exact) mass is 285 g/mol. The van der Waals surface area contributed by atoms with Gasteiger partial charge in [0.05, 0.1) is 12.6 Å². The fraction of sp³-hybridized carbons (Fsp3) is 0.444.